The van der Waals surface area contributed by atoms with E-state index >= 15 is 0 Å². The molecule has 0 aromatic heterocycles. The lowest BCUT2D eigenvalue weighted by Gasteiger charge is -2.18. The van der Waals surface area contributed by atoms with Crippen LogP contribution in [0.5, 0.6) is 11.5 Å². The predicted octanol–water partition coefficient (Wildman–Crippen LogP) is 3.33. The minimum absolute atomic E-state index is 0.137. The monoisotopic (exact) mass is 305 g/mol. The standard InChI is InChI=1S/C18H27NO3/c1-18(2)10-9-14(12-18)19-17(20)8-6-13-5-7-15(21-3)16(11-13)22-4/h5,7,11,14H,6,8-10,12H2,1-4H3,(H,19,20). The number of rotatable bonds is 6. The molecular formula is C18H27NO3. The highest BCUT2D eigenvalue weighted by Gasteiger charge is 2.31. The molecule has 1 aliphatic rings. The summed E-state index contributed by atoms with van der Waals surface area (Å²) in [6.07, 6.45) is 4.58. The number of carbonyl (C=O) groups excluding carboxylic acids is 1. The number of hydrogen-bond acceptors (Lipinski definition) is 3. The first-order valence-corrected chi connectivity index (χ1v) is 7.94. The van der Waals surface area contributed by atoms with Gasteiger partial charge in [-0.2, -0.15) is 0 Å². The average molecular weight is 305 g/mol. The van der Waals surface area contributed by atoms with Gasteiger partial charge in [0.05, 0.1) is 14.2 Å². The molecule has 1 aliphatic carbocycles. The van der Waals surface area contributed by atoms with Crippen LogP contribution < -0.4 is 14.8 Å². The number of nitrogens with one attached hydrogen (secondary N) is 1. The van der Waals surface area contributed by atoms with E-state index < -0.39 is 0 Å². The Hall–Kier alpha value is -1.71. The Balaban J connectivity index is 1.84. The Morgan fingerprint density at radius 2 is 2.00 bits per heavy atom. The van der Waals surface area contributed by atoms with Gasteiger partial charge in [-0.25, -0.2) is 0 Å². The van der Waals surface area contributed by atoms with Crippen molar-refractivity contribution < 1.29 is 14.3 Å². The summed E-state index contributed by atoms with van der Waals surface area (Å²) in [7, 11) is 3.24. The van der Waals surface area contributed by atoms with Crippen molar-refractivity contribution in [3.8, 4) is 11.5 Å². The van der Waals surface area contributed by atoms with E-state index in [1.807, 2.05) is 18.2 Å². The van der Waals surface area contributed by atoms with Crippen LogP contribution in [0.1, 0.15) is 45.1 Å². The van der Waals surface area contributed by atoms with E-state index in [-0.39, 0.29) is 5.91 Å². The maximum Gasteiger partial charge on any atom is 0.220 e. The van der Waals surface area contributed by atoms with Crippen LogP contribution in [0.4, 0.5) is 0 Å². The van der Waals surface area contributed by atoms with Gasteiger partial charge in [-0.3, -0.25) is 4.79 Å². The molecule has 1 saturated carbocycles. The Morgan fingerprint density at radius 1 is 1.27 bits per heavy atom. The third kappa shape index (κ3) is 4.39. The van der Waals surface area contributed by atoms with E-state index in [2.05, 4.69) is 19.2 Å². The molecule has 0 aliphatic heterocycles. The van der Waals surface area contributed by atoms with Crippen LogP contribution in [-0.4, -0.2) is 26.2 Å². The first kappa shape index (κ1) is 16.7. The molecule has 0 heterocycles. The number of ether oxygens (including phenoxy) is 2. The van der Waals surface area contributed by atoms with Crippen LogP contribution in [0.3, 0.4) is 0 Å². The van der Waals surface area contributed by atoms with Crippen LogP contribution in [-0.2, 0) is 11.2 Å². The van der Waals surface area contributed by atoms with Crippen LogP contribution in [0.15, 0.2) is 18.2 Å². The number of hydrogen-bond donors (Lipinski definition) is 1. The minimum atomic E-state index is 0.137. The maximum atomic E-state index is 12.1. The second-order valence-electron chi connectivity index (χ2n) is 6.86. The van der Waals surface area contributed by atoms with Crippen molar-refractivity contribution in [1.82, 2.24) is 5.32 Å². The second kappa shape index (κ2) is 7.03. The third-order valence-electron chi connectivity index (χ3n) is 4.42. The first-order valence-electron chi connectivity index (χ1n) is 7.94. The third-order valence-corrected chi connectivity index (χ3v) is 4.42. The summed E-state index contributed by atoms with van der Waals surface area (Å²) in [4.78, 5) is 12.1. The molecular weight excluding hydrogens is 278 g/mol. The summed E-state index contributed by atoms with van der Waals surface area (Å²) in [6, 6.07) is 6.14. The van der Waals surface area contributed by atoms with Crippen LogP contribution in [0, 0.1) is 5.41 Å². The molecule has 0 radical (unpaired) electrons. The lowest BCUT2D eigenvalue weighted by Crippen LogP contribution is -2.33. The van der Waals surface area contributed by atoms with Gasteiger partial charge in [0.2, 0.25) is 5.91 Å². The van der Waals surface area contributed by atoms with E-state index in [1.54, 1.807) is 14.2 Å². The van der Waals surface area contributed by atoms with Gasteiger partial charge in [0, 0.05) is 12.5 Å². The molecule has 1 aromatic carbocycles. The van der Waals surface area contributed by atoms with E-state index in [1.165, 1.54) is 6.42 Å². The highest BCUT2D eigenvalue weighted by Crippen LogP contribution is 2.36. The van der Waals surface area contributed by atoms with Gasteiger partial charge in [0.25, 0.3) is 0 Å². The summed E-state index contributed by atoms with van der Waals surface area (Å²) in [6.45, 7) is 4.53. The van der Waals surface area contributed by atoms with Gasteiger partial charge in [0.15, 0.2) is 11.5 Å². The van der Waals surface area contributed by atoms with Gasteiger partial charge in [-0.15, -0.1) is 0 Å². The number of aryl methyl sites for hydroxylation is 1. The normalized spacial score (nSPS) is 19.7. The van der Waals surface area contributed by atoms with Crippen LogP contribution >= 0.6 is 0 Å². The first-order chi connectivity index (χ1) is 10.4. The molecule has 4 heteroatoms. The lowest BCUT2D eigenvalue weighted by molar-refractivity contribution is -0.121. The minimum Gasteiger partial charge on any atom is -0.493 e. The number of benzene rings is 1. The molecule has 22 heavy (non-hydrogen) atoms. The molecule has 4 nitrogen and oxygen atoms in total. The molecule has 2 rings (SSSR count). The van der Waals surface area contributed by atoms with Gasteiger partial charge in [-0.05, 0) is 48.8 Å². The molecule has 1 amide bonds. The molecule has 0 bridgehead atoms. The quantitative estimate of drug-likeness (QED) is 0.877. The topological polar surface area (TPSA) is 47.6 Å². The fraction of sp³-hybridized carbons (Fsp3) is 0.611. The fourth-order valence-electron chi connectivity index (χ4n) is 3.15. The van der Waals surface area contributed by atoms with Gasteiger partial charge in [0.1, 0.15) is 0 Å². The Bertz CT molecular complexity index is 525. The lowest BCUT2D eigenvalue weighted by atomic mass is 9.92. The Labute approximate surface area is 133 Å². The highest BCUT2D eigenvalue weighted by atomic mass is 16.5. The SMILES string of the molecule is COc1ccc(CCC(=O)NC2CCC(C)(C)C2)cc1OC. The number of carbonyl (C=O) groups is 1. The molecule has 1 N–H and O–H groups in total. The van der Waals surface area contributed by atoms with Gasteiger partial charge >= 0.3 is 0 Å². The molecule has 1 aromatic rings. The van der Waals surface area contributed by atoms with E-state index in [0.29, 0.717) is 35.8 Å². The average Bonchev–Trinajstić information content (AvgIpc) is 2.83. The molecule has 1 atom stereocenters. The molecule has 0 saturated heterocycles. The second-order valence-corrected chi connectivity index (χ2v) is 6.86. The molecule has 1 fully saturated rings. The van der Waals surface area contributed by atoms with Gasteiger partial charge in [-0.1, -0.05) is 19.9 Å². The molecule has 0 spiro atoms. The van der Waals surface area contributed by atoms with Crippen molar-refractivity contribution >= 4 is 5.91 Å². The van der Waals surface area contributed by atoms with E-state index in [0.717, 1.165) is 18.4 Å². The van der Waals surface area contributed by atoms with Gasteiger partial charge < -0.3 is 14.8 Å². The number of amides is 1. The van der Waals surface area contributed by atoms with Crippen molar-refractivity contribution in [3.63, 3.8) is 0 Å². The van der Waals surface area contributed by atoms with Crippen LogP contribution in [0.2, 0.25) is 0 Å². The van der Waals surface area contributed by atoms with E-state index in [9.17, 15) is 4.79 Å². The fourth-order valence-corrected chi connectivity index (χ4v) is 3.15. The Morgan fingerprint density at radius 3 is 2.59 bits per heavy atom. The van der Waals surface area contributed by atoms with Crippen molar-refractivity contribution in [2.45, 2.75) is 52.0 Å². The zero-order valence-electron chi connectivity index (χ0n) is 14.1. The smallest absolute Gasteiger partial charge is 0.220 e. The van der Waals surface area contributed by atoms with Crippen molar-refractivity contribution in [1.29, 1.82) is 0 Å². The molecule has 1 unspecified atom stereocenters. The van der Waals surface area contributed by atoms with Crippen molar-refractivity contribution in [3.05, 3.63) is 23.8 Å². The summed E-state index contributed by atoms with van der Waals surface area (Å²) in [5.74, 6) is 1.55. The van der Waals surface area contributed by atoms with E-state index in [4.69, 9.17) is 9.47 Å². The molecule has 122 valence electrons. The summed E-state index contributed by atoms with van der Waals surface area (Å²) in [5.41, 5.74) is 1.45. The van der Waals surface area contributed by atoms with Crippen molar-refractivity contribution in [2.75, 3.05) is 14.2 Å². The largest absolute Gasteiger partial charge is 0.493 e. The maximum absolute atomic E-state index is 12.1. The number of methoxy groups -OCH3 is 2. The summed E-state index contributed by atoms with van der Waals surface area (Å²) in [5, 5.41) is 3.16. The zero-order valence-corrected chi connectivity index (χ0v) is 14.1. The van der Waals surface area contributed by atoms with Crippen LogP contribution in [0.25, 0.3) is 0 Å². The zero-order chi connectivity index (χ0) is 16.2. The Kier molecular flexibility index (Phi) is 5.33. The van der Waals surface area contributed by atoms with Crippen molar-refractivity contribution in [2.24, 2.45) is 5.41 Å². The summed E-state index contributed by atoms with van der Waals surface area (Å²) < 4.78 is 10.5. The summed E-state index contributed by atoms with van der Waals surface area (Å²) >= 11 is 0. The predicted molar refractivity (Wildman–Crippen MR) is 87.4 cm³/mol. The highest BCUT2D eigenvalue weighted by molar-refractivity contribution is 5.76.